The van der Waals surface area contributed by atoms with Gasteiger partial charge in [0, 0.05) is 13.1 Å². The molecule has 10 heteroatoms. The Hall–Kier alpha value is -4.05. The van der Waals surface area contributed by atoms with Gasteiger partial charge in [-0.1, -0.05) is 44.2 Å². The third-order valence-corrected chi connectivity index (χ3v) is 8.28. The standard InChI is InChI=1S/C31H39N3O6S/c1-5-21-32-31(36)29(6-2)33(22-24-13-17-26(39-4)18-14-24)30(35)23-34(25-15-19-27(20-16-25)40-7-3)41(37,38)28-11-9-8-10-12-28/h8-20,29H,5-7,21-23H2,1-4H3,(H,32,36)/t29-/m0/s1. The van der Waals surface area contributed by atoms with Crippen molar-refractivity contribution in [3.05, 3.63) is 84.4 Å². The zero-order chi connectivity index (χ0) is 29.8. The lowest BCUT2D eigenvalue weighted by molar-refractivity contribution is -0.140. The lowest BCUT2D eigenvalue weighted by Crippen LogP contribution is -2.52. The van der Waals surface area contributed by atoms with Crippen molar-refractivity contribution in [2.75, 3.05) is 31.1 Å². The Morgan fingerprint density at radius 3 is 2.07 bits per heavy atom. The highest BCUT2D eigenvalue weighted by Gasteiger charge is 2.33. The molecular weight excluding hydrogens is 542 g/mol. The predicted octanol–water partition coefficient (Wildman–Crippen LogP) is 4.62. The molecule has 1 atom stereocenters. The number of carbonyl (C=O) groups excluding carboxylic acids is 2. The van der Waals surface area contributed by atoms with Crippen molar-refractivity contribution in [1.29, 1.82) is 0 Å². The molecule has 2 amide bonds. The topological polar surface area (TPSA) is 105 Å². The molecular formula is C31H39N3O6S. The molecule has 0 saturated carbocycles. The largest absolute Gasteiger partial charge is 0.497 e. The zero-order valence-corrected chi connectivity index (χ0v) is 24.9. The van der Waals surface area contributed by atoms with Crippen LogP contribution in [0.3, 0.4) is 0 Å². The van der Waals surface area contributed by atoms with Crippen LogP contribution in [0.2, 0.25) is 0 Å². The molecule has 0 heterocycles. The first-order valence-corrected chi connectivity index (χ1v) is 15.2. The van der Waals surface area contributed by atoms with Crippen LogP contribution in [0, 0.1) is 0 Å². The monoisotopic (exact) mass is 581 g/mol. The number of nitrogens with one attached hydrogen (secondary N) is 1. The Morgan fingerprint density at radius 1 is 0.878 bits per heavy atom. The lowest BCUT2D eigenvalue weighted by Gasteiger charge is -2.33. The summed E-state index contributed by atoms with van der Waals surface area (Å²) >= 11 is 0. The van der Waals surface area contributed by atoms with Crippen LogP contribution in [0.5, 0.6) is 11.5 Å². The van der Waals surface area contributed by atoms with Crippen LogP contribution < -0.4 is 19.1 Å². The molecule has 3 aromatic carbocycles. The maximum absolute atomic E-state index is 14.1. The maximum Gasteiger partial charge on any atom is 0.264 e. The number of benzene rings is 3. The van der Waals surface area contributed by atoms with Crippen LogP contribution in [0.1, 0.15) is 39.2 Å². The third kappa shape index (κ3) is 8.23. The summed E-state index contributed by atoms with van der Waals surface area (Å²) in [5, 5.41) is 2.88. The van der Waals surface area contributed by atoms with Crippen molar-refractivity contribution in [3.63, 3.8) is 0 Å². The summed E-state index contributed by atoms with van der Waals surface area (Å²) in [6, 6.07) is 20.9. The summed E-state index contributed by atoms with van der Waals surface area (Å²) < 4.78 is 39.6. The van der Waals surface area contributed by atoms with Gasteiger partial charge in [0.15, 0.2) is 0 Å². The van der Waals surface area contributed by atoms with E-state index in [2.05, 4.69) is 5.32 Å². The molecule has 0 saturated heterocycles. The van der Waals surface area contributed by atoms with Gasteiger partial charge in [0.1, 0.15) is 24.1 Å². The van der Waals surface area contributed by atoms with Crippen LogP contribution in [0.4, 0.5) is 5.69 Å². The number of ether oxygens (including phenoxy) is 2. The molecule has 0 bridgehead atoms. The number of rotatable bonds is 15. The van der Waals surface area contributed by atoms with E-state index in [-0.39, 0.29) is 17.3 Å². The van der Waals surface area contributed by atoms with Crippen LogP contribution in [0.15, 0.2) is 83.8 Å². The average Bonchev–Trinajstić information content (AvgIpc) is 3.00. The highest BCUT2D eigenvalue weighted by molar-refractivity contribution is 7.92. The van der Waals surface area contributed by atoms with E-state index in [1.54, 1.807) is 61.7 Å². The van der Waals surface area contributed by atoms with E-state index in [1.165, 1.54) is 17.0 Å². The molecule has 0 aliphatic rings. The molecule has 0 aliphatic carbocycles. The van der Waals surface area contributed by atoms with E-state index in [1.807, 2.05) is 32.9 Å². The van der Waals surface area contributed by atoms with Crippen LogP contribution >= 0.6 is 0 Å². The Labute approximate surface area is 243 Å². The van der Waals surface area contributed by atoms with Gasteiger partial charge in [0.2, 0.25) is 11.8 Å². The van der Waals surface area contributed by atoms with Crippen LogP contribution in [-0.4, -0.2) is 58.0 Å². The van der Waals surface area contributed by atoms with Crippen LogP contribution in [-0.2, 0) is 26.2 Å². The molecule has 3 aromatic rings. The lowest BCUT2D eigenvalue weighted by atomic mass is 10.1. The Kier molecular flexibility index (Phi) is 11.6. The van der Waals surface area contributed by atoms with E-state index in [0.717, 1.165) is 16.3 Å². The minimum Gasteiger partial charge on any atom is -0.497 e. The van der Waals surface area contributed by atoms with Gasteiger partial charge in [0.05, 0.1) is 24.3 Å². The van der Waals surface area contributed by atoms with Gasteiger partial charge in [-0.05, 0) is 73.9 Å². The number of hydrogen-bond acceptors (Lipinski definition) is 6. The summed E-state index contributed by atoms with van der Waals surface area (Å²) in [6.07, 6.45) is 1.10. The molecule has 0 fully saturated rings. The van der Waals surface area contributed by atoms with E-state index >= 15 is 0 Å². The molecule has 0 unspecified atom stereocenters. The predicted molar refractivity (Wildman–Crippen MR) is 160 cm³/mol. The summed E-state index contributed by atoms with van der Waals surface area (Å²) in [5.74, 6) is 0.455. The SMILES string of the molecule is CCCNC(=O)[C@H](CC)N(Cc1ccc(OC)cc1)C(=O)CN(c1ccc(OCC)cc1)S(=O)(=O)c1ccccc1. The first-order chi connectivity index (χ1) is 19.7. The zero-order valence-electron chi connectivity index (χ0n) is 24.1. The summed E-state index contributed by atoms with van der Waals surface area (Å²) in [7, 11) is -2.56. The number of hydrogen-bond donors (Lipinski definition) is 1. The second kappa shape index (κ2) is 15.1. The molecule has 0 radical (unpaired) electrons. The first-order valence-electron chi connectivity index (χ1n) is 13.8. The summed E-state index contributed by atoms with van der Waals surface area (Å²) in [4.78, 5) is 28.7. The van der Waals surface area contributed by atoms with Crippen molar-refractivity contribution in [1.82, 2.24) is 10.2 Å². The first kappa shape index (κ1) is 31.5. The summed E-state index contributed by atoms with van der Waals surface area (Å²) in [6.45, 7) is 6.18. The van der Waals surface area contributed by atoms with Crippen molar-refractivity contribution in [2.45, 2.75) is 51.1 Å². The fourth-order valence-electron chi connectivity index (χ4n) is 4.34. The van der Waals surface area contributed by atoms with Crippen molar-refractivity contribution in [2.24, 2.45) is 0 Å². The Morgan fingerprint density at radius 2 is 1.51 bits per heavy atom. The second-order valence-corrected chi connectivity index (χ2v) is 11.2. The van der Waals surface area contributed by atoms with E-state index in [0.29, 0.717) is 36.8 Å². The van der Waals surface area contributed by atoms with Crippen LogP contribution in [0.25, 0.3) is 0 Å². The van der Waals surface area contributed by atoms with Gasteiger partial charge in [0.25, 0.3) is 10.0 Å². The van der Waals surface area contributed by atoms with E-state index in [4.69, 9.17) is 9.47 Å². The highest BCUT2D eigenvalue weighted by atomic mass is 32.2. The van der Waals surface area contributed by atoms with Gasteiger partial charge >= 0.3 is 0 Å². The minimum absolute atomic E-state index is 0.0520. The van der Waals surface area contributed by atoms with E-state index < -0.39 is 28.5 Å². The molecule has 1 N–H and O–H groups in total. The number of nitrogens with zero attached hydrogens (tertiary/aromatic N) is 2. The fraction of sp³-hybridized carbons (Fsp3) is 0.355. The molecule has 0 spiro atoms. The smallest absolute Gasteiger partial charge is 0.264 e. The number of amides is 2. The average molecular weight is 582 g/mol. The van der Waals surface area contributed by atoms with Crippen molar-refractivity contribution >= 4 is 27.5 Å². The van der Waals surface area contributed by atoms with Crippen molar-refractivity contribution in [3.8, 4) is 11.5 Å². The number of sulfonamides is 1. The third-order valence-electron chi connectivity index (χ3n) is 6.49. The molecule has 41 heavy (non-hydrogen) atoms. The normalized spacial score (nSPS) is 11.8. The summed E-state index contributed by atoms with van der Waals surface area (Å²) in [5.41, 5.74) is 1.08. The minimum atomic E-state index is -4.13. The highest BCUT2D eigenvalue weighted by Crippen LogP contribution is 2.27. The molecule has 220 valence electrons. The van der Waals surface area contributed by atoms with Gasteiger partial charge in [-0.15, -0.1) is 0 Å². The number of carbonyl (C=O) groups is 2. The van der Waals surface area contributed by atoms with Gasteiger partial charge in [-0.2, -0.15) is 0 Å². The Bertz CT molecular complexity index is 1360. The van der Waals surface area contributed by atoms with Crippen molar-refractivity contribution < 1.29 is 27.5 Å². The molecule has 3 rings (SSSR count). The van der Waals surface area contributed by atoms with Gasteiger partial charge in [-0.3, -0.25) is 13.9 Å². The maximum atomic E-state index is 14.1. The number of anilines is 1. The second-order valence-electron chi connectivity index (χ2n) is 9.34. The molecule has 9 nitrogen and oxygen atoms in total. The molecule has 0 aromatic heterocycles. The van der Waals surface area contributed by atoms with Gasteiger partial charge in [-0.25, -0.2) is 8.42 Å². The Balaban J connectivity index is 2.03. The number of methoxy groups -OCH3 is 1. The fourth-order valence-corrected chi connectivity index (χ4v) is 5.77. The quantitative estimate of drug-likeness (QED) is 0.281. The van der Waals surface area contributed by atoms with Gasteiger partial charge < -0.3 is 19.7 Å². The molecule has 0 aliphatic heterocycles. The van der Waals surface area contributed by atoms with E-state index in [9.17, 15) is 18.0 Å².